The molecular weight excluding hydrogens is 178 g/mol. The van der Waals surface area contributed by atoms with Gasteiger partial charge in [0.15, 0.2) is 0 Å². The third-order valence-electron chi connectivity index (χ3n) is 3.11. The second kappa shape index (κ2) is 3.28. The molecule has 4 heteroatoms. The molecule has 0 spiro atoms. The first-order chi connectivity index (χ1) is 6.67. The number of aromatic amines is 1. The van der Waals surface area contributed by atoms with E-state index < -0.39 is 0 Å². The Kier molecular flexibility index (Phi) is 2.23. The van der Waals surface area contributed by atoms with E-state index in [-0.39, 0.29) is 0 Å². The van der Waals surface area contributed by atoms with Crippen LogP contribution < -0.4 is 5.73 Å². The molecule has 2 rings (SSSR count). The molecule has 78 valence electrons. The van der Waals surface area contributed by atoms with Crippen LogP contribution >= 0.6 is 0 Å². The molecule has 0 radical (unpaired) electrons. The molecule has 1 aliphatic carbocycles. The Balaban J connectivity index is 2.07. The normalized spacial score (nSPS) is 18.4. The Bertz CT molecular complexity index is 328. The molecule has 0 unspecified atom stereocenters. The first-order valence-corrected chi connectivity index (χ1v) is 4.95. The monoisotopic (exact) mass is 195 g/mol. The summed E-state index contributed by atoms with van der Waals surface area (Å²) in [5.74, 6) is 0.619. The lowest BCUT2D eigenvalue weighted by Crippen LogP contribution is -2.13. The number of nitrogens with zero attached hydrogens (tertiary/aromatic N) is 1. The number of hydrogen-bond acceptors (Lipinski definition) is 3. The van der Waals surface area contributed by atoms with Crippen molar-refractivity contribution in [1.29, 1.82) is 0 Å². The maximum absolute atomic E-state index is 5.68. The van der Waals surface area contributed by atoms with Gasteiger partial charge in [-0.3, -0.25) is 5.10 Å². The molecular formula is C10H17N3O. The van der Waals surface area contributed by atoms with Crippen LogP contribution in [-0.2, 0) is 11.2 Å². The average molecular weight is 195 g/mol. The molecule has 0 amide bonds. The van der Waals surface area contributed by atoms with Gasteiger partial charge in [0.2, 0.25) is 0 Å². The number of hydrogen-bond donors (Lipinski definition) is 2. The Morgan fingerprint density at radius 3 is 2.71 bits per heavy atom. The SMILES string of the molecule is COCC1(Cc2[nH]nc(N)c2C)CC1. The zero-order valence-electron chi connectivity index (χ0n) is 8.76. The fourth-order valence-electron chi connectivity index (χ4n) is 1.85. The molecule has 0 aromatic carbocycles. The third kappa shape index (κ3) is 1.62. The van der Waals surface area contributed by atoms with Crippen molar-refractivity contribution in [3.63, 3.8) is 0 Å². The number of H-pyrrole nitrogens is 1. The van der Waals surface area contributed by atoms with Crippen molar-refractivity contribution in [3.05, 3.63) is 11.3 Å². The van der Waals surface area contributed by atoms with E-state index in [1.807, 2.05) is 6.92 Å². The zero-order valence-corrected chi connectivity index (χ0v) is 8.76. The Labute approximate surface area is 83.8 Å². The van der Waals surface area contributed by atoms with Crippen molar-refractivity contribution < 1.29 is 4.74 Å². The molecule has 1 fully saturated rings. The summed E-state index contributed by atoms with van der Waals surface area (Å²) in [6, 6.07) is 0. The number of methoxy groups -OCH3 is 1. The van der Waals surface area contributed by atoms with E-state index >= 15 is 0 Å². The van der Waals surface area contributed by atoms with Crippen LogP contribution in [0.4, 0.5) is 5.82 Å². The van der Waals surface area contributed by atoms with Gasteiger partial charge in [-0.15, -0.1) is 0 Å². The van der Waals surface area contributed by atoms with Gasteiger partial charge in [0.05, 0.1) is 6.61 Å². The maximum atomic E-state index is 5.68. The maximum Gasteiger partial charge on any atom is 0.148 e. The van der Waals surface area contributed by atoms with Crippen molar-refractivity contribution in [2.45, 2.75) is 26.2 Å². The second-order valence-electron chi connectivity index (χ2n) is 4.32. The molecule has 1 aliphatic rings. The van der Waals surface area contributed by atoms with Gasteiger partial charge in [0, 0.05) is 18.4 Å². The number of nitrogens with one attached hydrogen (secondary N) is 1. The van der Waals surface area contributed by atoms with Crippen molar-refractivity contribution in [3.8, 4) is 0 Å². The molecule has 0 bridgehead atoms. The van der Waals surface area contributed by atoms with Crippen LogP contribution in [0.1, 0.15) is 24.1 Å². The van der Waals surface area contributed by atoms with Gasteiger partial charge in [0.25, 0.3) is 0 Å². The van der Waals surface area contributed by atoms with Crippen molar-refractivity contribution in [2.75, 3.05) is 19.5 Å². The van der Waals surface area contributed by atoms with Gasteiger partial charge in [-0.1, -0.05) is 0 Å². The standard InChI is InChI=1S/C10H17N3O/c1-7-8(12-13-9(7)11)5-10(3-4-10)6-14-2/h3-6H2,1-2H3,(H3,11,12,13). The highest BCUT2D eigenvalue weighted by atomic mass is 16.5. The van der Waals surface area contributed by atoms with E-state index in [1.54, 1.807) is 7.11 Å². The summed E-state index contributed by atoms with van der Waals surface area (Å²) in [7, 11) is 1.76. The summed E-state index contributed by atoms with van der Waals surface area (Å²) in [4.78, 5) is 0. The molecule has 1 saturated carbocycles. The van der Waals surface area contributed by atoms with E-state index in [0.29, 0.717) is 11.2 Å². The molecule has 4 nitrogen and oxygen atoms in total. The van der Waals surface area contributed by atoms with Gasteiger partial charge < -0.3 is 10.5 Å². The molecule has 1 aromatic rings. The number of aromatic nitrogens is 2. The number of nitrogen functional groups attached to an aromatic ring is 1. The first-order valence-electron chi connectivity index (χ1n) is 4.95. The summed E-state index contributed by atoms with van der Waals surface area (Å²) in [5, 5.41) is 7.00. The Morgan fingerprint density at radius 1 is 1.57 bits per heavy atom. The van der Waals surface area contributed by atoms with Gasteiger partial charge in [-0.05, 0) is 31.6 Å². The lowest BCUT2D eigenvalue weighted by molar-refractivity contribution is 0.140. The van der Waals surface area contributed by atoms with E-state index in [0.717, 1.165) is 24.3 Å². The lowest BCUT2D eigenvalue weighted by Gasteiger charge is -2.12. The number of nitrogens with two attached hydrogens (primary N) is 1. The highest BCUT2D eigenvalue weighted by molar-refractivity contribution is 5.41. The second-order valence-corrected chi connectivity index (χ2v) is 4.32. The third-order valence-corrected chi connectivity index (χ3v) is 3.11. The van der Waals surface area contributed by atoms with Crippen LogP contribution in [-0.4, -0.2) is 23.9 Å². The van der Waals surface area contributed by atoms with E-state index in [2.05, 4.69) is 10.2 Å². The first kappa shape index (κ1) is 9.52. The summed E-state index contributed by atoms with van der Waals surface area (Å²) >= 11 is 0. The predicted octanol–water partition coefficient (Wildman–Crippen LogP) is 1.27. The molecule has 14 heavy (non-hydrogen) atoms. The van der Waals surface area contributed by atoms with Gasteiger partial charge in [-0.25, -0.2) is 0 Å². The van der Waals surface area contributed by atoms with Crippen LogP contribution in [0.2, 0.25) is 0 Å². The average Bonchev–Trinajstić information content (AvgIpc) is 2.85. The molecule has 3 N–H and O–H groups in total. The highest BCUT2D eigenvalue weighted by Crippen LogP contribution is 2.48. The van der Waals surface area contributed by atoms with Crippen molar-refractivity contribution in [1.82, 2.24) is 10.2 Å². The van der Waals surface area contributed by atoms with Crippen molar-refractivity contribution >= 4 is 5.82 Å². The predicted molar refractivity (Wildman–Crippen MR) is 55.0 cm³/mol. The summed E-state index contributed by atoms with van der Waals surface area (Å²) in [6.45, 7) is 2.85. The number of ether oxygens (including phenoxy) is 1. The summed E-state index contributed by atoms with van der Waals surface area (Å²) in [5.41, 5.74) is 8.29. The zero-order chi connectivity index (χ0) is 10.2. The number of rotatable bonds is 4. The van der Waals surface area contributed by atoms with Crippen LogP contribution in [0.5, 0.6) is 0 Å². The van der Waals surface area contributed by atoms with Crippen LogP contribution in [0.15, 0.2) is 0 Å². The summed E-state index contributed by atoms with van der Waals surface area (Å²) in [6.07, 6.45) is 3.51. The minimum absolute atomic E-state index is 0.360. The minimum Gasteiger partial charge on any atom is -0.384 e. The largest absolute Gasteiger partial charge is 0.384 e. The Morgan fingerprint density at radius 2 is 2.29 bits per heavy atom. The van der Waals surface area contributed by atoms with Gasteiger partial charge in [0.1, 0.15) is 5.82 Å². The highest BCUT2D eigenvalue weighted by Gasteiger charge is 2.43. The summed E-state index contributed by atoms with van der Waals surface area (Å²) < 4.78 is 5.22. The quantitative estimate of drug-likeness (QED) is 0.760. The lowest BCUT2D eigenvalue weighted by atomic mass is 9.99. The topological polar surface area (TPSA) is 63.9 Å². The van der Waals surface area contributed by atoms with Crippen LogP contribution in [0.3, 0.4) is 0 Å². The van der Waals surface area contributed by atoms with Gasteiger partial charge >= 0.3 is 0 Å². The smallest absolute Gasteiger partial charge is 0.148 e. The molecule has 1 heterocycles. The van der Waals surface area contributed by atoms with Crippen molar-refractivity contribution in [2.24, 2.45) is 5.41 Å². The Hall–Kier alpha value is -1.03. The van der Waals surface area contributed by atoms with E-state index in [1.165, 1.54) is 12.8 Å². The number of anilines is 1. The molecule has 0 saturated heterocycles. The van der Waals surface area contributed by atoms with Gasteiger partial charge in [-0.2, -0.15) is 5.10 Å². The molecule has 0 aliphatic heterocycles. The molecule has 0 atom stereocenters. The van der Waals surface area contributed by atoms with Crippen LogP contribution in [0.25, 0.3) is 0 Å². The van der Waals surface area contributed by atoms with Crippen LogP contribution in [0, 0.1) is 12.3 Å². The van der Waals surface area contributed by atoms with E-state index in [4.69, 9.17) is 10.5 Å². The fourth-order valence-corrected chi connectivity index (χ4v) is 1.85. The molecule has 1 aromatic heterocycles. The van der Waals surface area contributed by atoms with E-state index in [9.17, 15) is 0 Å². The minimum atomic E-state index is 0.360. The fraction of sp³-hybridized carbons (Fsp3) is 0.700.